The Balaban J connectivity index is 2.26. The van der Waals surface area contributed by atoms with E-state index in [1.165, 1.54) is 0 Å². The van der Waals surface area contributed by atoms with Crippen molar-refractivity contribution in [1.29, 1.82) is 0 Å². The average Bonchev–Trinajstić information content (AvgIpc) is 2.39. The highest BCUT2D eigenvalue weighted by molar-refractivity contribution is 9.10. The zero-order valence-corrected chi connectivity index (χ0v) is 11.9. The summed E-state index contributed by atoms with van der Waals surface area (Å²) in [5.41, 5.74) is 4.95. The third-order valence-electron chi connectivity index (χ3n) is 2.76. The third kappa shape index (κ3) is 3.09. The molecular formula is C13H13BrClN3. The van der Waals surface area contributed by atoms with Crippen molar-refractivity contribution in [3.63, 3.8) is 0 Å². The largest absolute Gasteiger partial charge is 0.271 e. The summed E-state index contributed by atoms with van der Waals surface area (Å²) in [4.78, 5) is 3.98. The molecule has 1 aromatic heterocycles. The molecule has 94 valence electrons. The number of hydrazine groups is 1. The summed E-state index contributed by atoms with van der Waals surface area (Å²) in [5.74, 6) is 5.64. The molecule has 5 heteroatoms. The normalized spacial score (nSPS) is 12.4. The second-order valence-electron chi connectivity index (χ2n) is 3.91. The molecule has 1 unspecified atom stereocenters. The van der Waals surface area contributed by atoms with Crippen LogP contribution in [0.4, 0.5) is 0 Å². The van der Waals surface area contributed by atoms with E-state index in [-0.39, 0.29) is 6.04 Å². The molecule has 0 aliphatic rings. The van der Waals surface area contributed by atoms with Crippen molar-refractivity contribution in [2.45, 2.75) is 12.5 Å². The molecule has 0 aliphatic heterocycles. The van der Waals surface area contributed by atoms with Gasteiger partial charge in [-0.05, 0) is 29.7 Å². The SMILES string of the molecule is NNC(Cc1ccncc1Cl)c1ccccc1Br. The molecule has 0 radical (unpaired) electrons. The Morgan fingerprint density at radius 2 is 2.11 bits per heavy atom. The van der Waals surface area contributed by atoms with Crippen molar-refractivity contribution in [2.24, 2.45) is 5.84 Å². The summed E-state index contributed by atoms with van der Waals surface area (Å²) >= 11 is 9.64. The fraction of sp³-hybridized carbons (Fsp3) is 0.154. The van der Waals surface area contributed by atoms with Crippen LogP contribution in [0.5, 0.6) is 0 Å². The number of rotatable bonds is 4. The van der Waals surface area contributed by atoms with E-state index in [1.807, 2.05) is 30.3 Å². The van der Waals surface area contributed by atoms with Gasteiger partial charge in [-0.25, -0.2) is 0 Å². The van der Waals surface area contributed by atoms with Gasteiger partial charge in [-0.2, -0.15) is 0 Å². The van der Waals surface area contributed by atoms with Gasteiger partial charge < -0.3 is 0 Å². The fourth-order valence-corrected chi connectivity index (χ4v) is 2.56. The van der Waals surface area contributed by atoms with Gasteiger partial charge in [0, 0.05) is 16.9 Å². The summed E-state index contributed by atoms with van der Waals surface area (Å²) in [5, 5.41) is 0.657. The third-order valence-corrected chi connectivity index (χ3v) is 3.82. The number of aromatic nitrogens is 1. The molecule has 3 nitrogen and oxygen atoms in total. The van der Waals surface area contributed by atoms with Crippen molar-refractivity contribution in [1.82, 2.24) is 10.4 Å². The van der Waals surface area contributed by atoms with Crippen LogP contribution in [0.15, 0.2) is 47.2 Å². The molecule has 0 bridgehead atoms. The number of nitrogens with one attached hydrogen (secondary N) is 1. The molecule has 1 aromatic carbocycles. The number of halogens is 2. The lowest BCUT2D eigenvalue weighted by molar-refractivity contribution is 0.550. The van der Waals surface area contributed by atoms with Crippen molar-refractivity contribution >= 4 is 27.5 Å². The van der Waals surface area contributed by atoms with E-state index < -0.39 is 0 Å². The van der Waals surface area contributed by atoms with E-state index in [1.54, 1.807) is 12.4 Å². The summed E-state index contributed by atoms with van der Waals surface area (Å²) in [6.07, 6.45) is 4.08. The van der Waals surface area contributed by atoms with E-state index >= 15 is 0 Å². The van der Waals surface area contributed by atoms with E-state index in [2.05, 4.69) is 26.3 Å². The molecule has 2 aromatic rings. The Kier molecular flexibility index (Phi) is 4.72. The summed E-state index contributed by atoms with van der Waals surface area (Å²) in [6, 6.07) is 9.89. The Morgan fingerprint density at radius 3 is 2.78 bits per heavy atom. The predicted molar refractivity (Wildman–Crippen MR) is 77.2 cm³/mol. The number of hydrogen-bond donors (Lipinski definition) is 2. The summed E-state index contributed by atoms with van der Waals surface area (Å²) in [6.45, 7) is 0. The molecule has 18 heavy (non-hydrogen) atoms. The first kappa shape index (κ1) is 13.5. The van der Waals surface area contributed by atoms with Crippen molar-refractivity contribution in [3.8, 4) is 0 Å². The van der Waals surface area contributed by atoms with Crippen molar-refractivity contribution in [3.05, 3.63) is 63.3 Å². The van der Waals surface area contributed by atoms with Gasteiger partial charge in [0.2, 0.25) is 0 Å². The summed E-state index contributed by atoms with van der Waals surface area (Å²) < 4.78 is 1.03. The van der Waals surface area contributed by atoms with Gasteiger partial charge in [-0.1, -0.05) is 45.7 Å². The van der Waals surface area contributed by atoms with Crippen molar-refractivity contribution in [2.75, 3.05) is 0 Å². The lowest BCUT2D eigenvalue weighted by atomic mass is 10.0. The molecule has 0 amide bonds. The van der Waals surface area contributed by atoms with Gasteiger partial charge in [0.1, 0.15) is 0 Å². The standard InChI is InChI=1S/C13H13BrClN3/c14-11-4-2-1-3-10(11)13(18-16)7-9-5-6-17-8-12(9)15/h1-6,8,13,18H,7,16H2. The predicted octanol–water partition coefficient (Wildman–Crippen LogP) is 3.24. The van der Waals surface area contributed by atoms with Gasteiger partial charge in [-0.3, -0.25) is 16.3 Å². The molecule has 0 spiro atoms. The molecule has 1 atom stereocenters. The van der Waals surface area contributed by atoms with E-state index in [9.17, 15) is 0 Å². The van der Waals surface area contributed by atoms with Crippen LogP contribution in [0.25, 0.3) is 0 Å². The van der Waals surface area contributed by atoms with Crippen LogP contribution in [0.1, 0.15) is 17.2 Å². The monoisotopic (exact) mass is 325 g/mol. The van der Waals surface area contributed by atoms with Crippen LogP contribution in [0.3, 0.4) is 0 Å². The topological polar surface area (TPSA) is 50.9 Å². The maximum absolute atomic E-state index is 6.11. The first-order valence-corrected chi connectivity index (χ1v) is 6.68. The Hall–Kier alpha value is -0.940. The molecular weight excluding hydrogens is 314 g/mol. The van der Waals surface area contributed by atoms with Crippen LogP contribution < -0.4 is 11.3 Å². The summed E-state index contributed by atoms with van der Waals surface area (Å²) in [7, 11) is 0. The average molecular weight is 327 g/mol. The second-order valence-corrected chi connectivity index (χ2v) is 5.17. The minimum absolute atomic E-state index is 0.000440. The number of benzene rings is 1. The van der Waals surface area contributed by atoms with E-state index in [0.717, 1.165) is 15.6 Å². The van der Waals surface area contributed by atoms with Gasteiger partial charge >= 0.3 is 0 Å². The zero-order valence-electron chi connectivity index (χ0n) is 9.61. The van der Waals surface area contributed by atoms with Crippen LogP contribution >= 0.6 is 27.5 Å². The maximum Gasteiger partial charge on any atom is 0.0622 e. The maximum atomic E-state index is 6.11. The Bertz CT molecular complexity index is 533. The molecule has 2 rings (SSSR count). The Labute approximate surface area is 119 Å². The molecule has 1 heterocycles. The van der Waals surface area contributed by atoms with Crippen LogP contribution in [-0.4, -0.2) is 4.98 Å². The highest BCUT2D eigenvalue weighted by atomic mass is 79.9. The van der Waals surface area contributed by atoms with Gasteiger partial charge in [0.05, 0.1) is 11.1 Å². The highest BCUT2D eigenvalue weighted by Gasteiger charge is 2.14. The van der Waals surface area contributed by atoms with Crippen LogP contribution in [-0.2, 0) is 6.42 Å². The van der Waals surface area contributed by atoms with Gasteiger partial charge in [0.15, 0.2) is 0 Å². The van der Waals surface area contributed by atoms with Crippen molar-refractivity contribution < 1.29 is 0 Å². The minimum atomic E-state index is 0.000440. The quantitative estimate of drug-likeness (QED) is 0.670. The van der Waals surface area contributed by atoms with Gasteiger partial charge in [0.25, 0.3) is 0 Å². The molecule has 3 N–H and O–H groups in total. The molecule has 0 saturated carbocycles. The van der Waals surface area contributed by atoms with E-state index in [4.69, 9.17) is 17.4 Å². The Morgan fingerprint density at radius 1 is 1.33 bits per heavy atom. The number of hydrogen-bond acceptors (Lipinski definition) is 3. The molecule has 0 saturated heterocycles. The smallest absolute Gasteiger partial charge is 0.0622 e. The first-order valence-electron chi connectivity index (χ1n) is 5.51. The number of pyridine rings is 1. The number of nitrogens with two attached hydrogens (primary N) is 1. The van der Waals surface area contributed by atoms with Gasteiger partial charge in [-0.15, -0.1) is 0 Å². The molecule has 0 fully saturated rings. The van der Waals surface area contributed by atoms with Crippen LogP contribution in [0.2, 0.25) is 5.02 Å². The second kappa shape index (κ2) is 6.29. The zero-order chi connectivity index (χ0) is 13.0. The van der Waals surface area contributed by atoms with E-state index in [0.29, 0.717) is 11.4 Å². The molecule has 0 aliphatic carbocycles. The minimum Gasteiger partial charge on any atom is -0.271 e. The number of nitrogens with zero attached hydrogens (tertiary/aromatic N) is 1. The first-order chi connectivity index (χ1) is 8.72. The highest BCUT2D eigenvalue weighted by Crippen LogP contribution is 2.27. The lowest BCUT2D eigenvalue weighted by Gasteiger charge is -2.18. The lowest BCUT2D eigenvalue weighted by Crippen LogP contribution is -2.29. The van der Waals surface area contributed by atoms with Crippen LogP contribution in [0, 0.1) is 0 Å². The fourth-order valence-electron chi connectivity index (χ4n) is 1.81.